The van der Waals surface area contributed by atoms with Crippen LogP contribution in [-0.4, -0.2) is 34.3 Å². The highest BCUT2D eigenvalue weighted by Gasteiger charge is 2.15. The van der Waals surface area contributed by atoms with Gasteiger partial charge in [0.15, 0.2) is 17.2 Å². The highest BCUT2D eigenvalue weighted by Crippen LogP contribution is 2.22. The first-order valence-corrected chi connectivity index (χ1v) is 7.13. The Balaban J connectivity index is 0.00000182. The van der Waals surface area contributed by atoms with Crippen molar-refractivity contribution < 1.29 is 0 Å². The first-order valence-electron chi connectivity index (χ1n) is 7.13. The monoisotopic (exact) mass is 353 g/mol. The molecule has 0 aliphatic heterocycles. The maximum atomic E-state index is 12.2. The minimum atomic E-state index is -0.397. The van der Waals surface area contributed by atoms with Crippen molar-refractivity contribution in [2.45, 2.75) is 6.54 Å². The van der Waals surface area contributed by atoms with E-state index in [1.165, 1.54) is 10.7 Å². The van der Waals surface area contributed by atoms with Crippen LogP contribution in [0.25, 0.3) is 28.4 Å². The number of hydrogen-bond acceptors (Lipinski definition) is 5. The molecule has 124 valence electrons. The second kappa shape index (κ2) is 6.59. The van der Waals surface area contributed by atoms with Gasteiger partial charge in [-0.15, -0.1) is 23.9 Å². The van der Waals surface area contributed by atoms with Gasteiger partial charge in [0.1, 0.15) is 12.9 Å². The number of nitrogens with zero attached hydrogens (tertiary/aromatic N) is 6. The summed E-state index contributed by atoms with van der Waals surface area (Å²) < 4.78 is 2.39. The Morgan fingerprint density at radius 3 is 2.76 bits per heavy atom. The Kier molecular flexibility index (Phi) is 4.33. The molecule has 0 spiro atoms. The summed E-state index contributed by atoms with van der Waals surface area (Å²) in [6.07, 6.45) is 8.31. The van der Waals surface area contributed by atoms with Crippen molar-refractivity contribution in [2.75, 3.05) is 0 Å². The minimum absolute atomic E-state index is 0. The minimum Gasteiger partial charge on any atom is -0.337 e. The molecule has 0 fully saturated rings. The standard InChI is InChI=1S/C16H11N7O.ClH/c1-2-8-23-16(24)22-10-18-13(15(22)20-21-23)14-17-9-12(19-14)11-6-4-3-5-7-11;/h1,3-7,9-10H,8H2,(H,17,19);1H. The number of aromatic nitrogens is 7. The second-order valence-electron chi connectivity index (χ2n) is 5.03. The Bertz CT molecular complexity index is 1120. The van der Waals surface area contributed by atoms with Crippen LogP contribution < -0.4 is 5.69 Å². The average Bonchev–Trinajstić information content (AvgIpc) is 3.25. The Morgan fingerprint density at radius 2 is 2.00 bits per heavy atom. The van der Waals surface area contributed by atoms with Crippen LogP contribution in [0.2, 0.25) is 0 Å². The zero-order valence-corrected chi connectivity index (χ0v) is 13.6. The van der Waals surface area contributed by atoms with Crippen molar-refractivity contribution in [2.24, 2.45) is 0 Å². The molecule has 0 aliphatic rings. The lowest BCUT2D eigenvalue weighted by molar-refractivity contribution is 0.577. The molecule has 4 aromatic rings. The number of H-pyrrole nitrogens is 1. The van der Waals surface area contributed by atoms with Gasteiger partial charge in [0.25, 0.3) is 0 Å². The van der Waals surface area contributed by atoms with Crippen molar-refractivity contribution in [1.29, 1.82) is 0 Å². The number of nitrogens with one attached hydrogen (secondary N) is 1. The summed E-state index contributed by atoms with van der Waals surface area (Å²) >= 11 is 0. The molecule has 4 rings (SSSR count). The summed E-state index contributed by atoms with van der Waals surface area (Å²) in [5.41, 5.74) is 2.23. The fraction of sp³-hybridized carbons (Fsp3) is 0.0625. The third-order valence-corrected chi connectivity index (χ3v) is 3.54. The molecule has 0 atom stereocenters. The van der Waals surface area contributed by atoms with Crippen LogP contribution in [0.15, 0.2) is 47.7 Å². The lowest BCUT2D eigenvalue weighted by atomic mass is 10.2. The smallest absolute Gasteiger partial charge is 0.337 e. The van der Waals surface area contributed by atoms with Gasteiger partial charge in [-0.25, -0.2) is 19.2 Å². The summed E-state index contributed by atoms with van der Waals surface area (Å²) in [7, 11) is 0. The van der Waals surface area contributed by atoms with Gasteiger partial charge in [0.2, 0.25) is 0 Å². The van der Waals surface area contributed by atoms with E-state index >= 15 is 0 Å². The lowest BCUT2D eigenvalue weighted by Crippen LogP contribution is -2.29. The van der Waals surface area contributed by atoms with Gasteiger partial charge in [0, 0.05) is 0 Å². The largest absolute Gasteiger partial charge is 0.353 e. The maximum absolute atomic E-state index is 12.2. The fourth-order valence-corrected chi connectivity index (χ4v) is 2.40. The van der Waals surface area contributed by atoms with Crippen molar-refractivity contribution >= 4 is 18.1 Å². The van der Waals surface area contributed by atoms with Gasteiger partial charge in [0.05, 0.1) is 11.9 Å². The molecule has 25 heavy (non-hydrogen) atoms. The first-order chi connectivity index (χ1) is 11.8. The van der Waals surface area contributed by atoms with Gasteiger partial charge in [-0.05, 0) is 5.56 Å². The summed E-state index contributed by atoms with van der Waals surface area (Å²) in [6, 6.07) is 9.78. The SMILES string of the molecule is C#CCn1nnc2c(-c3ncc(-c4ccccc4)[nH]3)ncn2c1=O.Cl. The molecular formula is C16H12ClN7O. The summed E-state index contributed by atoms with van der Waals surface area (Å²) in [5.74, 6) is 2.87. The molecule has 0 saturated heterocycles. The highest BCUT2D eigenvalue weighted by molar-refractivity contribution is 5.85. The van der Waals surface area contributed by atoms with Gasteiger partial charge < -0.3 is 4.98 Å². The number of imidazole rings is 2. The Morgan fingerprint density at radius 1 is 1.20 bits per heavy atom. The van der Waals surface area contributed by atoms with Crippen LogP contribution in [0.4, 0.5) is 0 Å². The van der Waals surface area contributed by atoms with Crippen molar-refractivity contribution in [3.63, 3.8) is 0 Å². The quantitative estimate of drug-likeness (QED) is 0.562. The predicted octanol–water partition coefficient (Wildman–Crippen LogP) is 1.40. The number of aromatic amines is 1. The van der Waals surface area contributed by atoms with Crippen molar-refractivity contribution in [3.8, 4) is 35.1 Å². The molecule has 0 aliphatic carbocycles. The predicted molar refractivity (Wildman–Crippen MR) is 94.1 cm³/mol. The first kappa shape index (κ1) is 16.4. The number of benzene rings is 1. The van der Waals surface area contributed by atoms with E-state index in [0.717, 1.165) is 15.9 Å². The summed E-state index contributed by atoms with van der Waals surface area (Å²) in [6.45, 7) is 0.0498. The van der Waals surface area contributed by atoms with Crippen LogP contribution in [-0.2, 0) is 6.54 Å². The van der Waals surface area contributed by atoms with Crippen molar-refractivity contribution in [1.82, 2.24) is 34.3 Å². The van der Waals surface area contributed by atoms with Crippen LogP contribution >= 0.6 is 12.4 Å². The molecule has 0 saturated carbocycles. The molecule has 1 N–H and O–H groups in total. The van der Waals surface area contributed by atoms with E-state index in [2.05, 4.69) is 31.2 Å². The highest BCUT2D eigenvalue weighted by atomic mass is 35.5. The van der Waals surface area contributed by atoms with E-state index < -0.39 is 5.69 Å². The number of hydrogen-bond donors (Lipinski definition) is 1. The molecular weight excluding hydrogens is 342 g/mol. The van der Waals surface area contributed by atoms with E-state index in [0.29, 0.717) is 17.2 Å². The molecule has 3 aromatic heterocycles. The molecule has 0 radical (unpaired) electrons. The zero-order valence-electron chi connectivity index (χ0n) is 12.8. The van der Waals surface area contributed by atoms with Crippen LogP contribution in [0.5, 0.6) is 0 Å². The second-order valence-corrected chi connectivity index (χ2v) is 5.03. The maximum Gasteiger partial charge on any atom is 0.353 e. The molecule has 0 bridgehead atoms. The lowest BCUT2D eigenvalue weighted by Gasteiger charge is -1.99. The number of rotatable bonds is 3. The zero-order chi connectivity index (χ0) is 16.5. The van der Waals surface area contributed by atoms with Crippen LogP contribution in [0, 0.1) is 12.3 Å². The third kappa shape index (κ3) is 2.77. The van der Waals surface area contributed by atoms with E-state index in [4.69, 9.17) is 6.42 Å². The van der Waals surface area contributed by atoms with Gasteiger partial charge in [-0.1, -0.05) is 41.5 Å². The summed E-state index contributed by atoms with van der Waals surface area (Å²) in [5, 5.41) is 7.87. The molecule has 0 unspecified atom stereocenters. The molecule has 9 heteroatoms. The third-order valence-electron chi connectivity index (χ3n) is 3.54. The van der Waals surface area contributed by atoms with Crippen LogP contribution in [0.1, 0.15) is 0 Å². The average molecular weight is 354 g/mol. The van der Waals surface area contributed by atoms with E-state index in [9.17, 15) is 4.79 Å². The Hall–Kier alpha value is -3.44. The summed E-state index contributed by atoms with van der Waals surface area (Å²) in [4.78, 5) is 24.0. The number of fused-ring (bicyclic) bond motifs is 1. The van der Waals surface area contributed by atoms with Gasteiger partial charge in [-0.2, -0.15) is 4.68 Å². The van der Waals surface area contributed by atoms with Gasteiger partial charge >= 0.3 is 5.69 Å². The number of terminal acetylenes is 1. The Labute approximate surface area is 148 Å². The molecule has 8 nitrogen and oxygen atoms in total. The van der Waals surface area contributed by atoms with Crippen molar-refractivity contribution in [3.05, 3.63) is 53.3 Å². The van der Waals surface area contributed by atoms with E-state index in [1.807, 2.05) is 30.3 Å². The molecule has 1 aromatic carbocycles. The topological polar surface area (TPSA) is 93.8 Å². The van der Waals surface area contributed by atoms with E-state index in [-0.39, 0.29) is 19.0 Å². The van der Waals surface area contributed by atoms with Gasteiger partial charge in [-0.3, -0.25) is 0 Å². The normalized spacial score (nSPS) is 10.4. The van der Waals surface area contributed by atoms with Crippen LogP contribution in [0.3, 0.4) is 0 Å². The molecule has 0 amide bonds. The fourth-order valence-electron chi connectivity index (χ4n) is 2.40. The molecule has 3 heterocycles. The van der Waals surface area contributed by atoms with E-state index in [1.54, 1.807) is 6.20 Å². The number of halogens is 1.